The Bertz CT molecular complexity index is 1120. The Morgan fingerprint density at radius 1 is 0.839 bits per heavy atom. The summed E-state index contributed by atoms with van der Waals surface area (Å²) in [6, 6.07) is 26.1. The van der Waals surface area contributed by atoms with E-state index in [1.54, 1.807) is 6.92 Å². The van der Waals surface area contributed by atoms with E-state index in [-0.39, 0.29) is 25.3 Å². The molecular formula is C24H23NO5S. The van der Waals surface area contributed by atoms with Gasteiger partial charge in [0, 0.05) is 0 Å². The number of benzene rings is 3. The van der Waals surface area contributed by atoms with Crippen LogP contribution >= 0.6 is 0 Å². The summed E-state index contributed by atoms with van der Waals surface area (Å²) in [6.07, 6.45) is 0.146. The van der Waals surface area contributed by atoms with Crippen LogP contribution in [0.3, 0.4) is 0 Å². The third-order valence-electron chi connectivity index (χ3n) is 4.64. The van der Waals surface area contributed by atoms with Gasteiger partial charge in [-0.2, -0.15) is 8.42 Å². The highest BCUT2D eigenvalue weighted by atomic mass is 32.2. The number of carbonyl (C=O) groups is 1. The van der Waals surface area contributed by atoms with Gasteiger partial charge < -0.3 is 4.74 Å². The molecule has 0 unspecified atom stereocenters. The summed E-state index contributed by atoms with van der Waals surface area (Å²) in [5.74, 6) is -0.282. The van der Waals surface area contributed by atoms with E-state index in [4.69, 9.17) is 4.28 Å². The van der Waals surface area contributed by atoms with Crippen molar-refractivity contribution >= 4 is 22.3 Å². The average Bonchev–Trinajstić information content (AvgIpc) is 2.81. The molecule has 7 heteroatoms. The quantitative estimate of drug-likeness (QED) is 0.199. The maximum atomic E-state index is 11.8. The molecule has 0 bridgehead atoms. The van der Waals surface area contributed by atoms with Crippen LogP contribution in [0.1, 0.15) is 18.9 Å². The van der Waals surface area contributed by atoms with Crippen LogP contribution in [0.5, 0.6) is 0 Å². The van der Waals surface area contributed by atoms with Crippen molar-refractivity contribution in [3.8, 4) is 22.3 Å². The third kappa shape index (κ3) is 6.52. The highest BCUT2D eigenvalue weighted by Gasteiger charge is 2.12. The van der Waals surface area contributed by atoms with Gasteiger partial charge in [-0.05, 0) is 41.2 Å². The molecule has 0 aliphatic heterocycles. The van der Waals surface area contributed by atoms with Gasteiger partial charge in [0.15, 0.2) is 0 Å². The van der Waals surface area contributed by atoms with Gasteiger partial charge in [0.25, 0.3) is 6.47 Å². The van der Waals surface area contributed by atoms with Crippen molar-refractivity contribution in [2.75, 3.05) is 12.4 Å². The van der Waals surface area contributed by atoms with Gasteiger partial charge in [-0.15, -0.1) is 0 Å². The fraction of sp³-hybridized carbons (Fsp3) is 0.167. The highest BCUT2D eigenvalue weighted by molar-refractivity contribution is 7.86. The summed E-state index contributed by atoms with van der Waals surface area (Å²) >= 11 is 0. The van der Waals surface area contributed by atoms with E-state index in [1.807, 2.05) is 42.5 Å². The fourth-order valence-electron chi connectivity index (χ4n) is 2.96. The van der Waals surface area contributed by atoms with E-state index in [0.29, 0.717) is 5.71 Å². The highest BCUT2D eigenvalue weighted by Crippen LogP contribution is 2.25. The molecule has 0 fully saturated rings. The van der Waals surface area contributed by atoms with Crippen LogP contribution in [0.25, 0.3) is 22.3 Å². The zero-order chi connectivity index (χ0) is 22.1. The summed E-state index contributed by atoms with van der Waals surface area (Å²) in [5.41, 5.74) is 5.64. The van der Waals surface area contributed by atoms with Gasteiger partial charge in [-0.1, -0.05) is 84.0 Å². The summed E-state index contributed by atoms with van der Waals surface area (Å²) in [4.78, 5) is 10.1. The molecule has 0 amide bonds. The molecule has 31 heavy (non-hydrogen) atoms. The lowest BCUT2D eigenvalue weighted by Gasteiger charge is -2.07. The van der Waals surface area contributed by atoms with Crippen LogP contribution in [0.2, 0.25) is 0 Å². The van der Waals surface area contributed by atoms with Crippen LogP contribution in [-0.4, -0.2) is 33.0 Å². The Kier molecular flexibility index (Phi) is 7.56. The second-order valence-electron chi connectivity index (χ2n) is 6.85. The maximum Gasteiger partial charge on any atom is 0.328 e. The fourth-order valence-corrected chi connectivity index (χ4v) is 3.73. The number of ether oxygens (including phenoxy) is 1. The summed E-state index contributed by atoms with van der Waals surface area (Å²) in [5, 5.41) is 3.73. The molecule has 0 aliphatic rings. The van der Waals surface area contributed by atoms with Gasteiger partial charge >= 0.3 is 10.1 Å². The van der Waals surface area contributed by atoms with Crippen molar-refractivity contribution in [3.05, 3.63) is 84.4 Å². The predicted octanol–water partition coefficient (Wildman–Crippen LogP) is 4.65. The minimum Gasteiger partial charge on any atom is -0.468 e. The number of carbonyl (C=O) groups excluding carboxylic acids is 1. The van der Waals surface area contributed by atoms with Crippen LogP contribution in [0.4, 0.5) is 0 Å². The molecule has 3 aromatic carbocycles. The van der Waals surface area contributed by atoms with Gasteiger partial charge in [0.2, 0.25) is 0 Å². The first-order valence-electron chi connectivity index (χ1n) is 9.76. The zero-order valence-corrected chi connectivity index (χ0v) is 17.9. The smallest absolute Gasteiger partial charge is 0.328 e. The van der Waals surface area contributed by atoms with Crippen molar-refractivity contribution in [1.29, 1.82) is 0 Å². The lowest BCUT2D eigenvalue weighted by molar-refractivity contribution is -0.128. The standard InChI is InChI=1S/C24H23NO5S/c1-19(25-30-31(27,28)17-5-16-29-18-26)20-8-10-23(11-9-20)24-14-12-22(13-15-24)21-6-3-2-4-7-21/h2-4,6-15,18H,5,16-17H2,1H3. The number of rotatable bonds is 10. The number of nitrogens with zero attached hydrogens (tertiary/aromatic N) is 1. The molecule has 0 radical (unpaired) electrons. The van der Waals surface area contributed by atoms with E-state index >= 15 is 0 Å². The van der Waals surface area contributed by atoms with Gasteiger partial charge in [-0.25, -0.2) is 0 Å². The van der Waals surface area contributed by atoms with E-state index in [9.17, 15) is 13.2 Å². The van der Waals surface area contributed by atoms with Gasteiger partial charge in [-0.3, -0.25) is 9.08 Å². The lowest BCUT2D eigenvalue weighted by Crippen LogP contribution is -2.11. The van der Waals surface area contributed by atoms with E-state index < -0.39 is 10.1 Å². The van der Waals surface area contributed by atoms with Crippen molar-refractivity contribution in [2.45, 2.75) is 13.3 Å². The Morgan fingerprint density at radius 2 is 1.35 bits per heavy atom. The minimum atomic E-state index is -3.83. The summed E-state index contributed by atoms with van der Waals surface area (Å²) < 4.78 is 32.8. The van der Waals surface area contributed by atoms with Crippen molar-refractivity contribution in [1.82, 2.24) is 0 Å². The number of oxime groups is 1. The van der Waals surface area contributed by atoms with Gasteiger partial charge in [0.1, 0.15) is 0 Å². The maximum absolute atomic E-state index is 11.8. The molecule has 3 aromatic rings. The molecular weight excluding hydrogens is 414 g/mol. The molecule has 0 heterocycles. The Labute approximate surface area is 182 Å². The first kappa shape index (κ1) is 22.2. The average molecular weight is 438 g/mol. The molecule has 0 aromatic heterocycles. The third-order valence-corrected chi connectivity index (χ3v) is 5.73. The normalized spacial score (nSPS) is 11.7. The second-order valence-corrected chi connectivity index (χ2v) is 8.53. The van der Waals surface area contributed by atoms with Crippen molar-refractivity contribution < 1.29 is 22.2 Å². The summed E-state index contributed by atoms with van der Waals surface area (Å²) in [7, 11) is -3.83. The second kappa shape index (κ2) is 10.5. The van der Waals surface area contributed by atoms with Crippen LogP contribution in [-0.2, 0) is 23.9 Å². The van der Waals surface area contributed by atoms with E-state index in [0.717, 1.165) is 22.3 Å². The molecule has 6 nitrogen and oxygen atoms in total. The van der Waals surface area contributed by atoms with E-state index in [2.05, 4.69) is 46.3 Å². The van der Waals surface area contributed by atoms with Crippen LogP contribution < -0.4 is 0 Å². The SMILES string of the molecule is CC(=NOS(=O)(=O)CCCOC=O)c1ccc(-c2ccc(-c3ccccc3)cc2)cc1. The zero-order valence-electron chi connectivity index (χ0n) is 17.1. The first-order chi connectivity index (χ1) is 15.0. The van der Waals surface area contributed by atoms with E-state index in [1.165, 1.54) is 5.56 Å². The molecule has 0 atom stereocenters. The first-order valence-corrected chi connectivity index (χ1v) is 11.3. The van der Waals surface area contributed by atoms with Crippen molar-refractivity contribution in [3.63, 3.8) is 0 Å². The largest absolute Gasteiger partial charge is 0.468 e. The molecule has 0 N–H and O–H groups in total. The number of hydrogen-bond donors (Lipinski definition) is 0. The summed E-state index contributed by atoms with van der Waals surface area (Å²) in [6.45, 7) is 1.97. The van der Waals surface area contributed by atoms with Crippen LogP contribution in [0, 0.1) is 0 Å². The molecule has 0 saturated heterocycles. The minimum absolute atomic E-state index is 0.0164. The Balaban J connectivity index is 1.64. The Morgan fingerprint density at radius 3 is 1.90 bits per heavy atom. The Hall–Kier alpha value is -3.45. The van der Waals surface area contributed by atoms with Gasteiger partial charge in [0.05, 0.1) is 18.1 Å². The van der Waals surface area contributed by atoms with Crippen molar-refractivity contribution in [2.24, 2.45) is 5.16 Å². The van der Waals surface area contributed by atoms with Crippen LogP contribution in [0.15, 0.2) is 84.0 Å². The topological polar surface area (TPSA) is 82.0 Å². The molecule has 0 saturated carbocycles. The molecule has 0 aliphatic carbocycles. The molecule has 3 rings (SSSR count). The monoisotopic (exact) mass is 437 g/mol. The lowest BCUT2D eigenvalue weighted by atomic mass is 9.99. The number of hydrogen-bond acceptors (Lipinski definition) is 6. The molecule has 0 spiro atoms. The molecule has 160 valence electrons. The predicted molar refractivity (Wildman–Crippen MR) is 121 cm³/mol.